The van der Waals surface area contributed by atoms with E-state index in [1.165, 1.54) is 35.0 Å². The topological polar surface area (TPSA) is 27.8 Å². The summed E-state index contributed by atoms with van der Waals surface area (Å²) in [5, 5.41) is 6.33. The quantitative estimate of drug-likeness (QED) is 0.538. The van der Waals surface area contributed by atoms with E-state index in [1.807, 2.05) is 24.3 Å². The van der Waals surface area contributed by atoms with Gasteiger partial charge in [-0.2, -0.15) is 0 Å². The number of benzene rings is 2. The molecule has 24 heavy (non-hydrogen) atoms. The van der Waals surface area contributed by atoms with Gasteiger partial charge in [-0.1, -0.05) is 35.3 Å². The maximum absolute atomic E-state index is 6.07. The van der Waals surface area contributed by atoms with Crippen molar-refractivity contribution >= 4 is 34.1 Å². The molecule has 2 atom stereocenters. The van der Waals surface area contributed by atoms with Gasteiger partial charge in [0.05, 0.1) is 0 Å². The fraction of sp³-hybridized carbons (Fsp3) is 0.300. The van der Waals surface area contributed by atoms with Gasteiger partial charge in [0.15, 0.2) is 0 Å². The number of hydrogen-bond donors (Lipinski definition) is 2. The van der Waals surface area contributed by atoms with Crippen molar-refractivity contribution in [3.63, 3.8) is 0 Å². The van der Waals surface area contributed by atoms with Crippen molar-refractivity contribution in [1.82, 2.24) is 10.3 Å². The summed E-state index contributed by atoms with van der Waals surface area (Å²) in [7, 11) is 0. The summed E-state index contributed by atoms with van der Waals surface area (Å²) >= 11 is 12.0. The van der Waals surface area contributed by atoms with E-state index in [0.29, 0.717) is 5.92 Å². The molecule has 0 unspecified atom stereocenters. The van der Waals surface area contributed by atoms with Crippen molar-refractivity contribution in [2.45, 2.75) is 25.3 Å². The molecule has 0 bridgehead atoms. The Kier molecular flexibility index (Phi) is 4.53. The van der Waals surface area contributed by atoms with Gasteiger partial charge in [-0.05, 0) is 67.3 Å². The van der Waals surface area contributed by atoms with Crippen molar-refractivity contribution in [2.24, 2.45) is 5.92 Å². The van der Waals surface area contributed by atoms with Gasteiger partial charge < -0.3 is 10.3 Å². The average molecular weight is 359 g/mol. The Hall–Kier alpha value is -1.48. The average Bonchev–Trinajstić information content (AvgIpc) is 3.23. The first-order valence-corrected chi connectivity index (χ1v) is 9.18. The van der Waals surface area contributed by atoms with Crippen molar-refractivity contribution in [3.05, 3.63) is 69.8 Å². The molecule has 3 aromatic rings. The number of fused-ring (bicyclic) bond motifs is 1. The molecule has 4 rings (SSSR count). The van der Waals surface area contributed by atoms with Gasteiger partial charge in [0.2, 0.25) is 0 Å². The molecule has 0 spiro atoms. The van der Waals surface area contributed by atoms with Crippen LogP contribution in [-0.4, -0.2) is 11.5 Å². The summed E-state index contributed by atoms with van der Waals surface area (Å²) < 4.78 is 0. The second kappa shape index (κ2) is 6.79. The highest BCUT2D eigenvalue weighted by Crippen LogP contribution is 2.49. The Morgan fingerprint density at radius 3 is 2.62 bits per heavy atom. The first-order valence-electron chi connectivity index (χ1n) is 8.42. The summed E-state index contributed by atoms with van der Waals surface area (Å²) in [4.78, 5) is 3.54. The standard InChI is InChI=1S/C20H20Cl2N2/c21-16-3-1-13(2-4-16)12-23-8-7-14-10-18(14)20-11-15-9-17(22)5-6-19(15)24-20/h1-6,9,11,14,18,23-24H,7-8,10,12H2/t14-,18-/m1/s1. The Morgan fingerprint density at radius 1 is 1.00 bits per heavy atom. The first-order chi connectivity index (χ1) is 11.7. The van der Waals surface area contributed by atoms with E-state index in [-0.39, 0.29) is 0 Å². The number of halogens is 2. The van der Waals surface area contributed by atoms with E-state index in [4.69, 9.17) is 23.2 Å². The Morgan fingerprint density at radius 2 is 1.79 bits per heavy atom. The highest BCUT2D eigenvalue weighted by atomic mass is 35.5. The molecular weight excluding hydrogens is 339 g/mol. The van der Waals surface area contributed by atoms with Gasteiger partial charge >= 0.3 is 0 Å². The Balaban J connectivity index is 1.26. The maximum Gasteiger partial charge on any atom is 0.0457 e. The summed E-state index contributed by atoms with van der Waals surface area (Å²) in [5.74, 6) is 1.46. The van der Waals surface area contributed by atoms with Crippen LogP contribution in [0.25, 0.3) is 10.9 Å². The summed E-state index contributed by atoms with van der Waals surface area (Å²) in [6.07, 6.45) is 2.50. The molecule has 2 N–H and O–H groups in total. The number of aromatic amines is 1. The molecule has 1 aliphatic rings. The number of rotatable bonds is 6. The minimum atomic E-state index is 0.675. The third-order valence-electron chi connectivity index (χ3n) is 4.86. The zero-order valence-electron chi connectivity index (χ0n) is 13.4. The molecule has 2 nitrogen and oxygen atoms in total. The van der Waals surface area contributed by atoms with Gasteiger partial charge in [0.1, 0.15) is 0 Å². The van der Waals surface area contributed by atoms with Crippen LogP contribution < -0.4 is 5.32 Å². The van der Waals surface area contributed by atoms with Crippen molar-refractivity contribution < 1.29 is 0 Å². The predicted octanol–water partition coefficient (Wildman–Crippen LogP) is 5.76. The lowest BCUT2D eigenvalue weighted by Crippen LogP contribution is -2.15. The molecule has 0 amide bonds. The molecule has 124 valence electrons. The second-order valence-electron chi connectivity index (χ2n) is 6.65. The zero-order valence-corrected chi connectivity index (χ0v) is 14.9. The van der Waals surface area contributed by atoms with Crippen molar-refractivity contribution in [3.8, 4) is 0 Å². The zero-order chi connectivity index (χ0) is 16.5. The van der Waals surface area contributed by atoms with Gasteiger partial charge in [0, 0.05) is 39.1 Å². The number of H-pyrrole nitrogens is 1. The highest BCUT2D eigenvalue weighted by molar-refractivity contribution is 6.31. The van der Waals surface area contributed by atoms with Crippen LogP contribution in [0.3, 0.4) is 0 Å². The van der Waals surface area contributed by atoms with Gasteiger partial charge in [-0.3, -0.25) is 0 Å². The minimum absolute atomic E-state index is 0.675. The van der Waals surface area contributed by atoms with Crippen LogP contribution in [0.2, 0.25) is 10.0 Å². The lowest BCUT2D eigenvalue weighted by molar-refractivity contribution is 0.603. The number of aromatic nitrogens is 1. The first kappa shape index (κ1) is 16.0. The highest BCUT2D eigenvalue weighted by Gasteiger charge is 2.38. The third-order valence-corrected chi connectivity index (χ3v) is 5.35. The molecular formula is C20H20Cl2N2. The molecule has 1 aromatic heterocycles. The van der Waals surface area contributed by atoms with Crippen LogP contribution in [0.4, 0.5) is 0 Å². The van der Waals surface area contributed by atoms with Crippen LogP contribution in [0.1, 0.15) is 30.0 Å². The van der Waals surface area contributed by atoms with Crippen LogP contribution in [0, 0.1) is 5.92 Å². The molecule has 1 saturated carbocycles. The summed E-state index contributed by atoms with van der Waals surface area (Å²) in [6.45, 7) is 1.95. The van der Waals surface area contributed by atoms with Crippen molar-refractivity contribution in [2.75, 3.05) is 6.54 Å². The van der Waals surface area contributed by atoms with Gasteiger partial charge in [0.25, 0.3) is 0 Å². The molecule has 4 heteroatoms. The van der Waals surface area contributed by atoms with Crippen LogP contribution in [-0.2, 0) is 6.54 Å². The van der Waals surface area contributed by atoms with E-state index >= 15 is 0 Å². The Bertz CT molecular complexity index is 838. The van der Waals surface area contributed by atoms with E-state index in [9.17, 15) is 0 Å². The molecule has 0 saturated heterocycles. The van der Waals surface area contributed by atoms with E-state index in [2.05, 4.69) is 34.6 Å². The maximum atomic E-state index is 6.07. The summed E-state index contributed by atoms with van der Waals surface area (Å²) in [5.41, 5.74) is 3.81. The van der Waals surface area contributed by atoms with Gasteiger partial charge in [-0.25, -0.2) is 0 Å². The number of hydrogen-bond acceptors (Lipinski definition) is 1. The van der Waals surface area contributed by atoms with Crippen LogP contribution >= 0.6 is 23.2 Å². The fourth-order valence-electron chi connectivity index (χ4n) is 3.40. The lowest BCUT2D eigenvalue weighted by Gasteiger charge is -2.05. The van der Waals surface area contributed by atoms with Crippen LogP contribution in [0.15, 0.2) is 48.5 Å². The van der Waals surface area contributed by atoms with E-state index in [0.717, 1.165) is 29.1 Å². The normalized spacial score (nSPS) is 19.8. The largest absolute Gasteiger partial charge is 0.358 e. The minimum Gasteiger partial charge on any atom is -0.358 e. The van der Waals surface area contributed by atoms with Gasteiger partial charge in [-0.15, -0.1) is 0 Å². The summed E-state index contributed by atoms with van der Waals surface area (Å²) in [6, 6.07) is 16.3. The SMILES string of the molecule is Clc1ccc(CNCC[C@@H]2C[C@H]2c2cc3cc(Cl)ccc3[nH]2)cc1. The third kappa shape index (κ3) is 3.61. The molecule has 1 fully saturated rings. The smallest absolute Gasteiger partial charge is 0.0457 e. The molecule has 0 aliphatic heterocycles. The molecule has 0 radical (unpaired) electrons. The fourth-order valence-corrected chi connectivity index (χ4v) is 3.70. The second-order valence-corrected chi connectivity index (χ2v) is 7.52. The molecule has 1 heterocycles. The predicted molar refractivity (Wildman–Crippen MR) is 102 cm³/mol. The van der Waals surface area contributed by atoms with E-state index < -0.39 is 0 Å². The molecule has 1 aliphatic carbocycles. The van der Waals surface area contributed by atoms with Crippen molar-refractivity contribution in [1.29, 1.82) is 0 Å². The van der Waals surface area contributed by atoms with E-state index in [1.54, 1.807) is 0 Å². The lowest BCUT2D eigenvalue weighted by atomic mass is 10.2. The monoisotopic (exact) mass is 358 g/mol. The molecule has 2 aromatic carbocycles. The Labute approximate surface area is 152 Å². The van der Waals surface area contributed by atoms with Crippen LogP contribution in [0.5, 0.6) is 0 Å². The number of nitrogens with one attached hydrogen (secondary N) is 2.